The molecule has 0 bridgehead atoms. The average Bonchev–Trinajstić information content (AvgIpc) is 2.41. The molecule has 0 aromatic heterocycles. The van der Waals surface area contributed by atoms with Gasteiger partial charge in [0.1, 0.15) is 11.3 Å². The highest BCUT2D eigenvalue weighted by Crippen LogP contribution is 2.26. The van der Waals surface area contributed by atoms with Crippen LogP contribution in [0, 0.1) is 6.92 Å². The summed E-state index contributed by atoms with van der Waals surface area (Å²) in [6, 6.07) is 5.52. The molecule has 0 fully saturated rings. The van der Waals surface area contributed by atoms with Crippen LogP contribution in [0.15, 0.2) is 22.7 Å². The number of rotatable bonds is 6. The smallest absolute Gasteiger partial charge is 0.329 e. The van der Waals surface area contributed by atoms with Gasteiger partial charge in [-0.25, -0.2) is 4.79 Å². The lowest BCUT2D eigenvalue weighted by Gasteiger charge is -2.26. The Hall–Kier alpha value is -1.56. The van der Waals surface area contributed by atoms with Crippen molar-refractivity contribution in [1.82, 2.24) is 5.32 Å². The van der Waals surface area contributed by atoms with Gasteiger partial charge in [-0.3, -0.25) is 4.79 Å². The molecular weight excluding hydrogens is 338 g/mol. The Morgan fingerprint density at radius 2 is 2.10 bits per heavy atom. The molecule has 0 aliphatic carbocycles. The Morgan fingerprint density at radius 1 is 1.48 bits per heavy atom. The van der Waals surface area contributed by atoms with E-state index < -0.39 is 23.5 Å². The number of aryl methyl sites for hydroxylation is 1. The molecule has 2 unspecified atom stereocenters. The van der Waals surface area contributed by atoms with E-state index in [-0.39, 0.29) is 6.42 Å². The van der Waals surface area contributed by atoms with E-state index in [0.29, 0.717) is 5.75 Å². The fourth-order valence-electron chi connectivity index (χ4n) is 1.61. The van der Waals surface area contributed by atoms with Crippen LogP contribution >= 0.6 is 15.9 Å². The largest absolute Gasteiger partial charge is 0.480 e. The molecule has 1 amide bonds. The summed E-state index contributed by atoms with van der Waals surface area (Å²) in [7, 11) is 0. The van der Waals surface area contributed by atoms with Crippen molar-refractivity contribution >= 4 is 27.8 Å². The number of benzene rings is 1. The second-order valence-corrected chi connectivity index (χ2v) is 6.03. The molecule has 2 N–H and O–H groups in total. The van der Waals surface area contributed by atoms with E-state index in [4.69, 9.17) is 9.84 Å². The number of nitrogens with one attached hydrogen (secondary N) is 1. The maximum Gasteiger partial charge on any atom is 0.329 e. The van der Waals surface area contributed by atoms with Crippen molar-refractivity contribution in [3.8, 4) is 5.75 Å². The second-order valence-electron chi connectivity index (χ2n) is 5.17. The summed E-state index contributed by atoms with van der Waals surface area (Å²) in [5, 5.41) is 11.7. The minimum Gasteiger partial charge on any atom is -0.480 e. The van der Waals surface area contributed by atoms with Gasteiger partial charge in [-0.1, -0.05) is 13.0 Å². The van der Waals surface area contributed by atoms with Gasteiger partial charge in [-0.2, -0.15) is 0 Å². The Labute approximate surface area is 132 Å². The molecule has 1 aromatic carbocycles. The Morgan fingerprint density at radius 3 is 2.57 bits per heavy atom. The summed E-state index contributed by atoms with van der Waals surface area (Å²) in [4.78, 5) is 23.3. The lowest BCUT2D eigenvalue weighted by atomic mass is 9.99. The third kappa shape index (κ3) is 4.46. The summed E-state index contributed by atoms with van der Waals surface area (Å²) < 4.78 is 6.33. The summed E-state index contributed by atoms with van der Waals surface area (Å²) in [6.07, 6.45) is -0.510. The fraction of sp³-hybridized carbons (Fsp3) is 0.467. The number of halogens is 1. The molecule has 0 aliphatic rings. The standard InChI is InChI=1S/C15H20BrNO4/c1-5-15(4,14(19)20)17-13(18)10(3)21-12-7-6-9(2)8-11(12)16/h6-8,10H,5H2,1-4H3,(H,17,18)(H,19,20). The zero-order valence-corrected chi connectivity index (χ0v) is 14.2. The third-order valence-electron chi connectivity index (χ3n) is 3.34. The van der Waals surface area contributed by atoms with E-state index in [2.05, 4.69) is 21.2 Å². The molecular formula is C15H20BrNO4. The maximum absolute atomic E-state index is 12.1. The molecule has 0 aliphatic heterocycles. The third-order valence-corrected chi connectivity index (χ3v) is 3.96. The first-order chi connectivity index (χ1) is 9.69. The molecule has 1 rings (SSSR count). The predicted octanol–water partition coefficient (Wildman–Crippen LogP) is 2.89. The number of carboxylic acids is 1. The highest BCUT2D eigenvalue weighted by atomic mass is 79.9. The molecule has 5 nitrogen and oxygen atoms in total. The van der Waals surface area contributed by atoms with Crippen LogP contribution in [0.5, 0.6) is 5.75 Å². The number of hydrogen-bond acceptors (Lipinski definition) is 3. The van der Waals surface area contributed by atoms with Gasteiger partial charge in [0.15, 0.2) is 6.10 Å². The fourth-order valence-corrected chi connectivity index (χ4v) is 2.20. The first kappa shape index (κ1) is 17.5. The lowest BCUT2D eigenvalue weighted by molar-refractivity contribution is -0.148. The van der Waals surface area contributed by atoms with Crippen LogP contribution in [0.1, 0.15) is 32.8 Å². The predicted molar refractivity (Wildman–Crippen MR) is 83.4 cm³/mol. The van der Waals surface area contributed by atoms with Crippen molar-refractivity contribution in [1.29, 1.82) is 0 Å². The first-order valence-corrected chi connectivity index (χ1v) is 7.47. The molecule has 6 heteroatoms. The van der Waals surface area contributed by atoms with E-state index in [0.717, 1.165) is 10.0 Å². The molecule has 0 spiro atoms. The van der Waals surface area contributed by atoms with Gasteiger partial charge in [0, 0.05) is 0 Å². The number of amides is 1. The molecule has 0 radical (unpaired) electrons. The van der Waals surface area contributed by atoms with Crippen molar-refractivity contribution in [2.45, 2.75) is 45.8 Å². The second kappa shape index (κ2) is 6.93. The molecule has 116 valence electrons. The molecule has 1 aromatic rings. The Kier molecular flexibility index (Phi) is 5.78. The number of ether oxygens (including phenoxy) is 1. The van der Waals surface area contributed by atoms with E-state index in [1.165, 1.54) is 6.92 Å². The SMILES string of the molecule is CCC(C)(NC(=O)C(C)Oc1ccc(C)cc1Br)C(=O)O. The van der Waals surface area contributed by atoms with Gasteiger partial charge in [0.2, 0.25) is 0 Å². The summed E-state index contributed by atoms with van der Waals surface area (Å²) >= 11 is 3.37. The van der Waals surface area contributed by atoms with Crippen LogP contribution in [0.2, 0.25) is 0 Å². The first-order valence-electron chi connectivity index (χ1n) is 6.68. The van der Waals surface area contributed by atoms with Crippen LogP contribution in [0.25, 0.3) is 0 Å². The zero-order valence-electron chi connectivity index (χ0n) is 12.6. The Balaban J connectivity index is 2.77. The topological polar surface area (TPSA) is 75.6 Å². The van der Waals surface area contributed by atoms with Crippen LogP contribution < -0.4 is 10.1 Å². The van der Waals surface area contributed by atoms with Crippen molar-refractivity contribution in [2.24, 2.45) is 0 Å². The van der Waals surface area contributed by atoms with E-state index >= 15 is 0 Å². The summed E-state index contributed by atoms with van der Waals surface area (Å²) in [5.74, 6) is -0.993. The van der Waals surface area contributed by atoms with Gasteiger partial charge in [-0.15, -0.1) is 0 Å². The highest BCUT2D eigenvalue weighted by Gasteiger charge is 2.34. The minimum absolute atomic E-state index is 0.287. The van der Waals surface area contributed by atoms with E-state index in [9.17, 15) is 9.59 Å². The zero-order chi connectivity index (χ0) is 16.2. The van der Waals surface area contributed by atoms with Crippen LogP contribution in [0.4, 0.5) is 0 Å². The number of carboxylic acid groups (broad SMARTS) is 1. The van der Waals surface area contributed by atoms with Gasteiger partial charge in [0.05, 0.1) is 4.47 Å². The van der Waals surface area contributed by atoms with E-state index in [1.807, 2.05) is 19.1 Å². The highest BCUT2D eigenvalue weighted by molar-refractivity contribution is 9.10. The average molecular weight is 358 g/mol. The molecule has 0 saturated heterocycles. The number of aliphatic carboxylic acids is 1. The maximum atomic E-state index is 12.1. The molecule has 0 saturated carbocycles. The van der Waals surface area contributed by atoms with Crippen molar-refractivity contribution < 1.29 is 19.4 Å². The van der Waals surface area contributed by atoms with Crippen LogP contribution in [0.3, 0.4) is 0 Å². The number of hydrogen-bond donors (Lipinski definition) is 2. The van der Waals surface area contributed by atoms with E-state index in [1.54, 1.807) is 19.9 Å². The number of carbonyl (C=O) groups excluding carboxylic acids is 1. The quantitative estimate of drug-likeness (QED) is 0.820. The summed E-state index contributed by atoms with van der Waals surface area (Å²) in [5.41, 5.74) is -0.227. The lowest BCUT2D eigenvalue weighted by Crippen LogP contribution is -2.54. The van der Waals surface area contributed by atoms with Gasteiger partial charge in [0.25, 0.3) is 5.91 Å². The van der Waals surface area contributed by atoms with Gasteiger partial charge >= 0.3 is 5.97 Å². The molecule has 2 atom stereocenters. The van der Waals surface area contributed by atoms with Crippen LogP contribution in [-0.4, -0.2) is 28.6 Å². The molecule has 21 heavy (non-hydrogen) atoms. The van der Waals surface area contributed by atoms with Gasteiger partial charge in [-0.05, 0) is 60.8 Å². The molecule has 0 heterocycles. The minimum atomic E-state index is -1.29. The normalized spacial score (nSPS) is 14.9. The summed E-state index contributed by atoms with van der Waals surface area (Å²) in [6.45, 7) is 6.71. The van der Waals surface area contributed by atoms with Crippen molar-refractivity contribution in [3.05, 3.63) is 28.2 Å². The van der Waals surface area contributed by atoms with Crippen LogP contribution in [-0.2, 0) is 9.59 Å². The Bertz CT molecular complexity index is 546. The monoisotopic (exact) mass is 357 g/mol. The number of carbonyl (C=O) groups is 2. The van der Waals surface area contributed by atoms with Crippen molar-refractivity contribution in [3.63, 3.8) is 0 Å². The van der Waals surface area contributed by atoms with Crippen molar-refractivity contribution in [2.75, 3.05) is 0 Å². The van der Waals surface area contributed by atoms with Gasteiger partial charge < -0.3 is 15.2 Å².